The number of hydrogen-bond acceptors (Lipinski definition) is 13. The van der Waals surface area contributed by atoms with Gasteiger partial charge in [-0.1, -0.05) is 11.2 Å². The van der Waals surface area contributed by atoms with Crippen LogP contribution in [-0.4, -0.2) is 125 Å². The van der Waals surface area contributed by atoms with Crippen molar-refractivity contribution in [3.63, 3.8) is 0 Å². The number of amides is 6. The number of likely N-dealkylation sites (tertiary alicyclic amines) is 1. The number of carbonyl (C=O) groups is 6. The minimum absolute atomic E-state index is 0.0160. The molecule has 0 radical (unpaired) electrons. The molecule has 2 N–H and O–H groups in total. The van der Waals surface area contributed by atoms with Gasteiger partial charge in [0, 0.05) is 61.5 Å². The number of benzene rings is 3. The molecule has 70 heavy (non-hydrogen) atoms. The third-order valence-electron chi connectivity index (χ3n) is 13.4. The van der Waals surface area contributed by atoms with E-state index < -0.39 is 47.3 Å². The van der Waals surface area contributed by atoms with Crippen molar-refractivity contribution >= 4 is 57.9 Å². The first-order valence-electron chi connectivity index (χ1n) is 23.7. The quantitative estimate of drug-likeness (QED) is 0.0769. The zero-order valence-electron chi connectivity index (χ0n) is 39.0. The van der Waals surface area contributed by atoms with Gasteiger partial charge in [0.05, 0.1) is 80.0 Å². The lowest BCUT2D eigenvalue weighted by molar-refractivity contribution is -0.136. The number of anilines is 2. The highest BCUT2D eigenvalue weighted by atomic mass is 19.2. The molecule has 0 saturated carbocycles. The fourth-order valence-corrected chi connectivity index (χ4v) is 9.94. The van der Waals surface area contributed by atoms with Crippen molar-refractivity contribution < 1.29 is 56.3 Å². The smallest absolute Gasteiger partial charge is 0.262 e. The van der Waals surface area contributed by atoms with E-state index in [0.29, 0.717) is 101 Å². The normalized spacial score (nSPS) is 18.9. The Labute approximate surface area is 401 Å². The number of halogens is 2. The number of hydrogen-bond donors (Lipinski definition) is 2. The maximum Gasteiger partial charge on any atom is 0.262 e. The summed E-state index contributed by atoms with van der Waals surface area (Å²) in [6, 6.07) is 12.7. The van der Waals surface area contributed by atoms with Crippen LogP contribution in [-0.2, 0) is 33.4 Å². The fraction of sp³-hybridized carbons (Fsp3) is 0.440. The van der Waals surface area contributed by atoms with Crippen molar-refractivity contribution in [2.45, 2.75) is 83.3 Å². The minimum Gasteiger partial charge on any atom is -0.383 e. The molecular formula is C50H54F2N8O10. The van der Waals surface area contributed by atoms with Crippen LogP contribution in [0.3, 0.4) is 0 Å². The lowest BCUT2D eigenvalue weighted by atomic mass is 9.98. The monoisotopic (exact) mass is 964 g/mol. The number of aromatic nitrogens is 3. The first kappa shape index (κ1) is 48.1. The Morgan fingerprint density at radius 2 is 1.53 bits per heavy atom. The Hall–Kier alpha value is -6.90. The summed E-state index contributed by atoms with van der Waals surface area (Å²) in [4.78, 5) is 86.3. The van der Waals surface area contributed by atoms with Gasteiger partial charge in [-0.15, -0.1) is 0 Å². The molecule has 0 spiro atoms. The molecule has 6 heterocycles. The van der Waals surface area contributed by atoms with E-state index in [2.05, 4.69) is 20.4 Å². The van der Waals surface area contributed by atoms with Gasteiger partial charge >= 0.3 is 0 Å². The number of rotatable bonds is 18. The molecule has 20 heteroatoms. The molecule has 0 bridgehead atoms. The van der Waals surface area contributed by atoms with Crippen LogP contribution < -0.4 is 15.5 Å². The highest BCUT2D eigenvalue weighted by molar-refractivity contribution is 6.23. The van der Waals surface area contributed by atoms with Crippen LogP contribution in [0.4, 0.5) is 20.2 Å². The number of aryl methyl sites for hydroxylation is 2. The van der Waals surface area contributed by atoms with Crippen LogP contribution in [0.2, 0.25) is 0 Å². The number of ether oxygens (including phenoxy) is 3. The molecule has 1 unspecified atom stereocenters. The molecule has 9 rings (SSSR count). The Bertz CT molecular complexity index is 2820. The second kappa shape index (κ2) is 21.0. The molecule has 0 aliphatic carbocycles. The Morgan fingerprint density at radius 1 is 0.786 bits per heavy atom. The van der Waals surface area contributed by atoms with Gasteiger partial charge in [-0.05, 0) is 94.0 Å². The first-order valence-corrected chi connectivity index (χ1v) is 23.7. The van der Waals surface area contributed by atoms with E-state index in [1.807, 2.05) is 36.9 Å². The van der Waals surface area contributed by atoms with Crippen molar-refractivity contribution in [1.82, 2.24) is 29.8 Å². The van der Waals surface area contributed by atoms with Crippen molar-refractivity contribution in [2.75, 3.05) is 69.5 Å². The molecule has 4 aliphatic heterocycles. The third kappa shape index (κ3) is 9.93. The lowest BCUT2D eigenvalue weighted by Crippen LogP contribution is -2.54. The number of fused-ring (bicyclic) bond motifs is 2. The molecule has 6 amide bonds. The fourth-order valence-electron chi connectivity index (χ4n) is 9.94. The average molecular weight is 965 g/mol. The standard InChI is InChI=1S/C50H54F2N8O10/c1-29-46(30(2)70-56-29)31-6-11-40-39(26-31)54-47(41-4-3-5-45(63)58(41)34-8-10-37(51)38(52)28-34)59(40)33-14-18-57(19-15-33)44(62)16-20-67-22-24-69-25-23-68-21-17-53-32-7-9-35-36(27-32)50(66)60(49(35)65)42-12-13-43(61)55-48(42)64/h6-11,26-28,33,41-42,53H,3-5,12-25H2,1-2H3,(H,55,61,64)/t41-,42?/m0/s1. The van der Waals surface area contributed by atoms with E-state index in [1.54, 1.807) is 23.1 Å². The molecule has 2 aromatic heterocycles. The molecule has 4 aliphatic rings. The Balaban J connectivity index is 0.715. The van der Waals surface area contributed by atoms with Gasteiger partial charge < -0.3 is 38.4 Å². The molecule has 18 nitrogen and oxygen atoms in total. The molecule has 3 aromatic carbocycles. The topological polar surface area (TPSA) is 208 Å². The predicted molar refractivity (Wildman–Crippen MR) is 249 cm³/mol. The van der Waals surface area contributed by atoms with E-state index in [4.69, 9.17) is 23.7 Å². The second-order valence-electron chi connectivity index (χ2n) is 17.8. The van der Waals surface area contributed by atoms with Gasteiger partial charge in [-0.3, -0.25) is 39.0 Å². The van der Waals surface area contributed by atoms with E-state index in [0.717, 1.165) is 39.4 Å². The molecule has 2 atom stereocenters. The predicted octanol–water partition coefficient (Wildman–Crippen LogP) is 5.96. The second-order valence-corrected chi connectivity index (χ2v) is 17.8. The lowest BCUT2D eigenvalue weighted by Gasteiger charge is -2.38. The Kier molecular flexibility index (Phi) is 14.4. The zero-order chi connectivity index (χ0) is 49.1. The van der Waals surface area contributed by atoms with E-state index >= 15 is 0 Å². The van der Waals surface area contributed by atoms with Crippen LogP contribution in [0.1, 0.15) is 101 Å². The average Bonchev–Trinajstić information content (AvgIpc) is 3.98. The molecule has 3 fully saturated rings. The highest BCUT2D eigenvalue weighted by Gasteiger charge is 2.45. The number of imide groups is 2. The zero-order valence-corrected chi connectivity index (χ0v) is 39.0. The number of nitrogens with zero attached hydrogens (tertiary/aromatic N) is 6. The molecule has 5 aromatic rings. The maximum absolute atomic E-state index is 14.6. The summed E-state index contributed by atoms with van der Waals surface area (Å²) in [6.45, 7) is 7.04. The highest BCUT2D eigenvalue weighted by Crippen LogP contribution is 2.41. The van der Waals surface area contributed by atoms with Crippen LogP contribution in [0.5, 0.6) is 0 Å². The Morgan fingerprint density at radius 3 is 2.26 bits per heavy atom. The first-order chi connectivity index (χ1) is 33.9. The maximum atomic E-state index is 14.6. The van der Waals surface area contributed by atoms with E-state index in [-0.39, 0.29) is 67.0 Å². The number of piperidine rings is 3. The third-order valence-corrected chi connectivity index (χ3v) is 13.4. The summed E-state index contributed by atoms with van der Waals surface area (Å²) in [6.07, 6.45) is 3.09. The minimum atomic E-state index is -1.03. The number of carbonyl (C=O) groups excluding carboxylic acids is 6. The summed E-state index contributed by atoms with van der Waals surface area (Å²) in [5, 5.41) is 9.48. The van der Waals surface area contributed by atoms with Crippen LogP contribution in [0.25, 0.3) is 22.2 Å². The SMILES string of the molecule is Cc1noc(C)c1-c1ccc2c(c1)nc([C@@H]1CCCC(=O)N1c1ccc(F)c(F)c1)n2C1CCN(C(=O)CCOCCOCCOCCNc2ccc3c(c2)C(=O)N(C2CCC(=O)NC2=O)C3=O)CC1. The van der Waals surface area contributed by atoms with Gasteiger partial charge in [0.1, 0.15) is 17.6 Å². The van der Waals surface area contributed by atoms with Crippen molar-refractivity contribution in [2.24, 2.45) is 0 Å². The van der Waals surface area contributed by atoms with Crippen LogP contribution in [0.15, 0.2) is 59.1 Å². The van der Waals surface area contributed by atoms with Crippen molar-refractivity contribution in [1.29, 1.82) is 0 Å². The van der Waals surface area contributed by atoms with E-state index in [1.165, 1.54) is 6.07 Å². The summed E-state index contributed by atoms with van der Waals surface area (Å²) in [7, 11) is 0. The van der Waals surface area contributed by atoms with Crippen molar-refractivity contribution in [3.8, 4) is 11.1 Å². The van der Waals surface area contributed by atoms with Gasteiger partial charge in [-0.2, -0.15) is 0 Å². The van der Waals surface area contributed by atoms with E-state index in [9.17, 15) is 37.5 Å². The molecular weight excluding hydrogens is 911 g/mol. The molecule has 368 valence electrons. The van der Waals surface area contributed by atoms with Gasteiger partial charge in [0.15, 0.2) is 11.6 Å². The molecule has 3 saturated heterocycles. The summed E-state index contributed by atoms with van der Waals surface area (Å²) < 4.78 is 53.3. The van der Waals surface area contributed by atoms with Gasteiger partial charge in [-0.25, -0.2) is 13.8 Å². The van der Waals surface area contributed by atoms with Crippen LogP contribution in [0, 0.1) is 25.5 Å². The number of nitrogens with one attached hydrogen (secondary N) is 2. The number of imidazole rings is 1. The summed E-state index contributed by atoms with van der Waals surface area (Å²) in [5.41, 5.74) is 5.38. The van der Waals surface area contributed by atoms with Crippen molar-refractivity contribution in [3.05, 3.63) is 94.6 Å². The summed E-state index contributed by atoms with van der Waals surface area (Å²) in [5.74, 6) is -3.12. The van der Waals surface area contributed by atoms with Gasteiger partial charge in [0.25, 0.3) is 11.8 Å². The van der Waals surface area contributed by atoms with Gasteiger partial charge in [0.2, 0.25) is 23.6 Å². The largest absolute Gasteiger partial charge is 0.383 e. The van der Waals surface area contributed by atoms with Crippen LogP contribution >= 0.6 is 0 Å². The summed E-state index contributed by atoms with van der Waals surface area (Å²) >= 11 is 0.